The second-order valence-electron chi connectivity index (χ2n) is 7.64. The molecule has 35 heavy (non-hydrogen) atoms. The van der Waals surface area contributed by atoms with Crippen molar-refractivity contribution in [2.45, 2.75) is 27.0 Å². The third kappa shape index (κ3) is 6.41. The van der Waals surface area contributed by atoms with Crippen molar-refractivity contribution >= 4 is 61.7 Å². The Morgan fingerprint density at radius 2 is 2.00 bits per heavy atom. The second kappa shape index (κ2) is 11.7. The van der Waals surface area contributed by atoms with Gasteiger partial charge in [-0.05, 0) is 43.2 Å². The Morgan fingerprint density at radius 1 is 1.26 bits per heavy atom. The summed E-state index contributed by atoms with van der Waals surface area (Å²) in [6.07, 6.45) is 2.23. The van der Waals surface area contributed by atoms with Crippen LogP contribution in [0.2, 0.25) is 5.02 Å². The molecule has 0 aliphatic heterocycles. The number of rotatable bonds is 9. The summed E-state index contributed by atoms with van der Waals surface area (Å²) in [5.74, 6) is -0.941. The molecule has 1 N–H and O–H groups in total. The standard InChI is InChI=1S/C23H24BrClN4O5S/c1-5-10-33-23(32)18-13(2)19(22(31)28(3)4)35-21(18)26-20(30)16-8-9-29(27-16)12-34-17-7-6-14(24)11-15(17)25/h6-9,11H,5,10,12H2,1-4H3,(H,26,30). The van der Waals surface area contributed by atoms with Crippen LogP contribution in [-0.4, -0.2) is 53.2 Å². The summed E-state index contributed by atoms with van der Waals surface area (Å²) < 4.78 is 13.2. The molecule has 12 heteroatoms. The minimum absolute atomic E-state index is 0.0306. The van der Waals surface area contributed by atoms with E-state index in [-0.39, 0.29) is 35.5 Å². The summed E-state index contributed by atoms with van der Waals surface area (Å²) >= 11 is 10.5. The Morgan fingerprint density at radius 3 is 2.66 bits per heavy atom. The van der Waals surface area contributed by atoms with Crippen molar-refractivity contribution in [2.75, 3.05) is 26.0 Å². The lowest BCUT2D eigenvalue weighted by molar-refractivity contribution is 0.0506. The van der Waals surface area contributed by atoms with E-state index < -0.39 is 11.9 Å². The molecule has 0 unspecified atom stereocenters. The highest BCUT2D eigenvalue weighted by atomic mass is 79.9. The van der Waals surface area contributed by atoms with E-state index in [4.69, 9.17) is 21.1 Å². The van der Waals surface area contributed by atoms with Gasteiger partial charge in [0.05, 0.1) is 22.1 Å². The van der Waals surface area contributed by atoms with Crippen molar-refractivity contribution in [2.24, 2.45) is 0 Å². The van der Waals surface area contributed by atoms with Crippen LogP contribution in [0.25, 0.3) is 0 Å². The molecule has 3 rings (SSSR count). The fraction of sp³-hybridized carbons (Fsp3) is 0.304. The lowest BCUT2D eigenvalue weighted by Gasteiger charge is -2.09. The van der Waals surface area contributed by atoms with Crippen molar-refractivity contribution < 1.29 is 23.9 Å². The van der Waals surface area contributed by atoms with E-state index in [2.05, 4.69) is 26.3 Å². The number of thiophene rings is 1. The minimum atomic E-state index is -0.598. The van der Waals surface area contributed by atoms with Crippen LogP contribution >= 0.6 is 38.9 Å². The molecule has 2 amide bonds. The first-order valence-electron chi connectivity index (χ1n) is 10.6. The van der Waals surface area contributed by atoms with Gasteiger partial charge in [0.2, 0.25) is 0 Å². The summed E-state index contributed by atoms with van der Waals surface area (Å²) in [6, 6.07) is 6.74. The molecule has 9 nitrogen and oxygen atoms in total. The predicted molar refractivity (Wildman–Crippen MR) is 138 cm³/mol. The highest BCUT2D eigenvalue weighted by molar-refractivity contribution is 9.10. The summed E-state index contributed by atoms with van der Waals surface area (Å²) in [5, 5.41) is 7.59. The first-order valence-corrected chi connectivity index (χ1v) is 12.6. The van der Waals surface area contributed by atoms with Gasteiger partial charge in [0.1, 0.15) is 10.8 Å². The van der Waals surface area contributed by atoms with Gasteiger partial charge in [-0.25, -0.2) is 9.48 Å². The number of anilines is 1. The van der Waals surface area contributed by atoms with E-state index in [0.717, 1.165) is 15.8 Å². The summed E-state index contributed by atoms with van der Waals surface area (Å²) in [4.78, 5) is 40.0. The molecule has 0 atom stereocenters. The molecule has 0 aliphatic rings. The van der Waals surface area contributed by atoms with Crippen molar-refractivity contribution in [3.63, 3.8) is 0 Å². The van der Waals surface area contributed by atoms with Crippen molar-refractivity contribution in [1.82, 2.24) is 14.7 Å². The van der Waals surface area contributed by atoms with E-state index in [0.29, 0.717) is 27.6 Å². The largest absolute Gasteiger partial charge is 0.470 e. The number of aromatic nitrogens is 2. The number of hydrogen-bond acceptors (Lipinski definition) is 7. The first kappa shape index (κ1) is 26.7. The van der Waals surface area contributed by atoms with Crippen LogP contribution in [0, 0.1) is 6.92 Å². The highest BCUT2D eigenvalue weighted by Gasteiger charge is 2.28. The zero-order chi connectivity index (χ0) is 25.7. The third-order valence-electron chi connectivity index (χ3n) is 4.74. The summed E-state index contributed by atoms with van der Waals surface area (Å²) in [6.45, 7) is 3.79. The SMILES string of the molecule is CCCOC(=O)c1c(NC(=O)c2ccn(COc3ccc(Br)cc3Cl)n2)sc(C(=O)N(C)C)c1C. The molecule has 0 saturated carbocycles. The number of halogens is 2. The van der Waals surface area contributed by atoms with Crippen LogP contribution in [0.4, 0.5) is 5.00 Å². The van der Waals surface area contributed by atoms with E-state index in [9.17, 15) is 14.4 Å². The van der Waals surface area contributed by atoms with Crippen LogP contribution in [0.1, 0.15) is 49.4 Å². The monoisotopic (exact) mass is 582 g/mol. The molecular weight excluding hydrogens is 560 g/mol. The van der Waals surface area contributed by atoms with E-state index in [1.54, 1.807) is 45.4 Å². The van der Waals surface area contributed by atoms with Gasteiger partial charge in [-0.1, -0.05) is 34.5 Å². The number of carbonyl (C=O) groups is 3. The number of amides is 2. The minimum Gasteiger partial charge on any atom is -0.470 e. The number of ether oxygens (including phenoxy) is 2. The maximum Gasteiger partial charge on any atom is 0.341 e. The van der Waals surface area contributed by atoms with Crippen LogP contribution in [-0.2, 0) is 11.5 Å². The second-order valence-corrected chi connectivity index (χ2v) is 9.98. The number of carbonyl (C=O) groups excluding carboxylic acids is 3. The van der Waals surface area contributed by atoms with Gasteiger partial charge < -0.3 is 19.7 Å². The molecule has 2 aromatic heterocycles. The van der Waals surface area contributed by atoms with Crippen LogP contribution in [0.15, 0.2) is 34.9 Å². The first-order chi connectivity index (χ1) is 16.6. The van der Waals surface area contributed by atoms with Crippen LogP contribution < -0.4 is 10.1 Å². The average Bonchev–Trinajstić information content (AvgIpc) is 3.41. The Balaban J connectivity index is 1.78. The zero-order valence-corrected chi connectivity index (χ0v) is 22.7. The Kier molecular flexibility index (Phi) is 8.92. The molecular formula is C23H24BrClN4O5S. The molecule has 0 bridgehead atoms. The quantitative estimate of drug-likeness (QED) is 0.346. The molecule has 0 radical (unpaired) electrons. The number of nitrogens with one attached hydrogen (secondary N) is 1. The maximum atomic E-state index is 12.9. The van der Waals surface area contributed by atoms with Crippen molar-refractivity contribution in [3.05, 3.63) is 61.7 Å². The predicted octanol–water partition coefficient (Wildman–Crippen LogP) is 5.23. The van der Waals surface area contributed by atoms with E-state index in [1.165, 1.54) is 15.6 Å². The fourth-order valence-corrected chi connectivity index (χ4v) is 4.91. The zero-order valence-electron chi connectivity index (χ0n) is 19.6. The smallest absolute Gasteiger partial charge is 0.341 e. The summed E-state index contributed by atoms with van der Waals surface area (Å²) in [5.41, 5.74) is 0.722. The van der Waals surface area contributed by atoms with Crippen molar-refractivity contribution in [1.29, 1.82) is 0 Å². The van der Waals surface area contributed by atoms with Gasteiger partial charge in [0.15, 0.2) is 12.4 Å². The fourth-order valence-electron chi connectivity index (χ4n) is 2.97. The molecule has 2 heterocycles. The summed E-state index contributed by atoms with van der Waals surface area (Å²) in [7, 11) is 3.23. The number of hydrogen-bond donors (Lipinski definition) is 1. The maximum absolute atomic E-state index is 12.9. The lowest BCUT2D eigenvalue weighted by Crippen LogP contribution is -2.21. The number of nitrogens with zero attached hydrogens (tertiary/aromatic N) is 3. The van der Waals surface area contributed by atoms with Gasteiger partial charge in [0, 0.05) is 24.8 Å². The molecule has 1 aromatic carbocycles. The molecule has 3 aromatic rings. The molecule has 186 valence electrons. The molecule has 0 aliphatic carbocycles. The van der Waals surface area contributed by atoms with E-state index >= 15 is 0 Å². The average molecular weight is 584 g/mol. The topological polar surface area (TPSA) is 103 Å². The Hall–Kier alpha value is -2.89. The number of esters is 1. The Labute approximate surface area is 220 Å². The molecule has 0 fully saturated rings. The van der Waals surface area contributed by atoms with Gasteiger partial charge >= 0.3 is 5.97 Å². The van der Waals surface area contributed by atoms with Crippen LogP contribution in [0.3, 0.4) is 0 Å². The van der Waals surface area contributed by atoms with Gasteiger partial charge in [-0.3, -0.25) is 9.59 Å². The Bertz CT molecular complexity index is 1260. The van der Waals surface area contributed by atoms with E-state index in [1.807, 2.05) is 6.92 Å². The van der Waals surface area contributed by atoms with Gasteiger partial charge in [-0.2, -0.15) is 5.10 Å². The normalized spacial score (nSPS) is 10.7. The van der Waals surface area contributed by atoms with Gasteiger partial charge in [-0.15, -0.1) is 11.3 Å². The highest BCUT2D eigenvalue weighted by Crippen LogP contribution is 2.35. The molecule has 0 spiro atoms. The lowest BCUT2D eigenvalue weighted by atomic mass is 10.1. The third-order valence-corrected chi connectivity index (χ3v) is 6.72. The van der Waals surface area contributed by atoms with Crippen LogP contribution in [0.5, 0.6) is 5.75 Å². The molecule has 0 saturated heterocycles. The van der Waals surface area contributed by atoms with Crippen molar-refractivity contribution in [3.8, 4) is 5.75 Å². The number of benzene rings is 1. The van der Waals surface area contributed by atoms with Gasteiger partial charge in [0.25, 0.3) is 11.8 Å².